The van der Waals surface area contributed by atoms with Gasteiger partial charge in [0.05, 0.1) is 9.85 Å². The molecule has 0 amide bonds. The van der Waals surface area contributed by atoms with Gasteiger partial charge in [0.1, 0.15) is 0 Å². The summed E-state index contributed by atoms with van der Waals surface area (Å²) in [5.41, 5.74) is 2.33. The molecule has 0 aromatic heterocycles. The van der Waals surface area contributed by atoms with Gasteiger partial charge in [-0.05, 0) is 43.5 Å². The van der Waals surface area contributed by atoms with E-state index in [1.807, 2.05) is 24.3 Å². The predicted octanol–water partition coefficient (Wildman–Crippen LogP) is 3.56. The number of nitrogens with zero attached hydrogens (tertiary/aromatic N) is 4. The lowest BCUT2D eigenvalue weighted by Gasteiger charge is -2.35. The lowest BCUT2D eigenvalue weighted by molar-refractivity contribution is -0.385. The van der Waals surface area contributed by atoms with Crippen LogP contribution in [-0.4, -0.2) is 63.6 Å². The summed E-state index contributed by atoms with van der Waals surface area (Å²) < 4.78 is 0. The third-order valence-corrected chi connectivity index (χ3v) is 5.58. The number of non-ortho nitro benzene ring substituents is 2. The van der Waals surface area contributed by atoms with Crippen molar-refractivity contribution in [3.63, 3.8) is 0 Å². The lowest BCUT2D eigenvalue weighted by atomic mass is 9.95. The van der Waals surface area contributed by atoms with Crippen molar-refractivity contribution in [3.8, 4) is 0 Å². The largest absolute Gasteiger partial charge is 0.478 e. The third kappa shape index (κ3) is 9.50. The number of carboxylic acid groups (broad SMARTS) is 2. The molecule has 2 aromatic rings. The molecule has 1 fully saturated rings. The van der Waals surface area contributed by atoms with Crippen LogP contribution >= 0.6 is 0 Å². The van der Waals surface area contributed by atoms with Crippen molar-refractivity contribution >= 4 is 29.0 Å². The molecule has 0 aliphatic carbocycles. The van der Waals surface area contributed by atoms with Gasteiger partial charge < -0.3 is 20.0 Å². The van der Waals surface area contributed by atoms with Gasteiger partial charge in [-0.15, -0.1) is 0 Å². The molecule has 2 N–H and O–H groups in total. The fraction of sp³-hybridized carbons (Fsp3) is 0.333. The molecule has 0 bridgehead atoms. The Kier molecular flexibility index (Phi) is 10.5. The Hall–Kier alpha value is -4.32. The van der Waals surface area contributed by atoms with Gasteiger partial charge in [-0.1, -0.05) is 12.1 Å². The Morgan fingerprint density at radius 3 is 1.78 bits per heavy atom. The highest BCUT2D eigenvalue weighted by Crippen LogP contribution is 2.26. The first-order valence-electron chi connectivity index (χ1n) is 11.1. The van der Waals surface area contributed by atoms with E-state index in [1.165, 1.54) is 0 Å². The van der Waals surface area contributed by atoms with E-state index < -0.39 is 11.9 Å². The summed E-state index contributed by atoms with van der Waals surface area (Å²) in [6, 6.07) is 13.5. The van der Waals surface area contributed by atoms with E-state index in [0.29, 0.717) is 18.1 Å². The first-order valence-corrected chi connectivity index (χ1v) is 11.1. The molecule has 36 heavy (non-hydrogen) atoms. The summed E-state index contributed by atoms with van der Waals surface area (Å²) in [6.07, 6.45) is 3.26. The second-order valence-corrected chi connectivity index (χ2v) is 8.33. The average Bonchev–Trinajstić information content (AvgIpc) is 2.84. The molecule has 3 rings (SSSR count). The van der Waals surface area contributed by atoms with Crippen LogP contribution in [0.4, 0.5) is 17.1 Å². The molecule has 1 aliphatic heterocycles. The normalized spacial score (nSPS) is 13.8. The maximum Gasteiger partial charge on any atom is 0.328 e. The zero-order valence-electron chi connectivity index (χ0n) is 19.7. The smallest absolute Gasteiger partial charge is 0.328 e. The Morgan fingerprint density at radius 2 is 1.36 bits per heavy atom. The number of carboxylic acids is 2. The second kappa shape index (κ2) is 13.5. The fourth-order valence-electron chi connectivity index (χ4n) is 3.84. The minimum atomic E-state index is -1.26. The monoisotopic (exact) mass is 500 g/mol. The SMILES string of the molecule is CN(Cc1ccc([N+](=O)[O-])cc1)CC1CCN(c2ccc([N+](=O)[O-])cc2)CC1.O=C(O)/C=C/C(=O)O. The number of rotatable bonds is 9. The van der Waals surface area contributed by atoms with Gasteiger partial charge in [0, 0.05) is 68.3 Å². The Morgan fingerprint density at radius 1 is 0.917 bits per heavy atom. The van der Waals surface area contributed by atoms with Crippen molar-refractivity contribution in [2.75, 3.05) is 31.6 Å². The van der Waals surface area contributed by atoms with E-state index in [1.54, 1.807) is 24.3 Å². The predicted molar refractivity (Wildman–Crippen MR) is 132 cm³/mol. The Balaban J connectivity index is 0.000000493. The maximum atomic E-state index is 10.8. The number of nitro benzene ring substituents is 2. The standard InChI is InChI=1S/C20H24N4O4.C4H4O4/c1-21(14-16-2-4-19(5-3-16)23(25)26)15-17-10-12-22(13-11-17)18-6-8-20(9-7-18)24(27)28;5-3(6)1-2-4(7)8/h2-9,17H,10-15H2,1H3;1-2H,(H,5,6)(H,7,8)/b;2-1+. The number of benzene rings is 2. The molecule has 0 radical (unpaired) electrons. The van der Waals surface area contributed by atoms with Crippen LogP contribution in [0.1, 0.15) is 18.4 Å². The summed E-state index contributed by atoms with van der Waals surface area (Å²) in [7, 11) is 2.07. The van der Waals surface area contributed by atoms with Gasteiger partial charge >= 0.3 is 11.9 Å². The second-order valence-electron chi connectivity index (χ2n) is 8.33. The number of anilines is 1. The van der Waals surface area contributed by atoms with Crippen LogP contribution in [0.5, 0.6) is 0 Å². The van der Waals surface area contributed by atoms with Crippen molar-refractivity contribution in [2.24, 2.45) is 5.92 Å². The van der Waals surface area contributed by atoms with Gasteiger partial charge in [-0.2, -0.15) is 0 Å². The summed E-state index contributed by atoms with van der Waals surface area (Å²) in [6.45, 7) is 3.62. The van der Waals surface area contributed by atoms with E-state index in [-0.39, 0.29) is 21.2 Å². The van der Waals surface area contributed by atoms with Crippen LogP contribution < -0.4 is 4.90 Å². The molecular formula is C24H28N4O8. The van der Waals surface area contributed by atoms with Gasteiger partial charge in [0.25, 0.3) is 11.4 Å². The quantitative estimate of drug-likeness (QED) is 0.295. The van der Waals surface area contributed by atoms with E-state index in [4.69, 9.17) is 10.2 Å². The zero-order chi connectivity index (χ0) is 26.7. The van der Waals surface area contributed by atoms with E-state index in [9.17, 15) is 29.8 Å². The molecule has 12 heteroatoms. The van der Waals surface area contributed by atoms with Crippen LogP contribution in [0.2, 0.25) is 0 Å². The average molecular weight is 501 g/mol. The minimum Gasteiger partial charge on any atom is -0.478 e. The first kappa shape index (κ1) is 27.9. The third-order valence-electron chi connectivity index (χ3n) is 5.58. The molecule has 0 atom stereocenters. The van der Waals surface area contributed by atoms with Crippen molar-refractivity contribution in [1.82, 2.24) is 4.90 Å². The highest BCUT2D eigenvalue weighted by molar-refractivity contribution is 5.89. The van der Waals surface area contributed by atoms with Crippen LogP contribution in [-0.2, 0) is 16.1 Å². The van der Waals surface area contributed by atoms with Gasteiger partial charge in [0.15, 0.2) is 0 Å². The minimum absolute atomic E-state index is 0.116. The number of carbonyl (C=O) groups is 2. The van der Waals surface area contributed by atoms with Crippen molar-refractivity contribution in [3.05, 3.63) is 86.5 Å². The van der Waals surface area contributed by atoms with Crippen molar-refractivity contribution in [2.45, 2.75) is 19.4 Å². The van der Waals surface area contributed by atoms with Crippen molar-refractivity contribution in [1.29, 1.82) is 0 Å². The van der Waals surface area contributed by atoms with E-state index in [2.05, 4.69) is 16.8 Å². The summed E-state index contributed by atoms with van der Waals surface area (Å²) in [5.74, 6) is -1.92. The molecule has 12 nitrogen and oxygen atoms in total. The molecule has 2 aromatic carbocycles. The van der Waals surface area contributed by atoms with Crippen LogP contribution in [0, 0.1) is 26.1 Å². The molecule has 192 valence electrons. The molecule has 1 aliphatic rings. The van der Waals surface area contributed by atoms with Crippen LogP contribution in [0.25, 0.3) is 0 Å². The zero-order valence-corrected chi connectivity index (χ0v) is 19.7. The topological polar surface area (TPSA) is 167 Å². The molecule has 0 spiro atoms. The van der Waals surface area contributed by atoms with E-state index in [0.717, 1.165) is 50.3 Å². The van der Waals surface area contributed by atoms with Crippen LogP contribution in [0.15, 0.2) is 60.7 Å². The number of hydrogen-bond acceptors (Lipinski definition) is 8. The van der Waals surface area contributed by atoms with Gasteiger partial charge in [0.2, 0.25) is 0 Å². The molecule has 1 heterocycles. The molecule has 0 saturated carbocycles. The number of piperidine rings is 1. The molecular weight excluding hydrogens is 472 g/mol. The van der Waals surface area contributed by atoms with Crippen LogP contribution in [0.3, 0.4) is 0 Å². The fourth-order valence-corrected chi connectivity index (χ4v) is 3.84. The molecule has 0 unspecified atom stereocenters. The highest BCUT2D eigenvalue weighted by Gasteiger charge is 2.21. The first-order chi connectivity index (χ1) is 17.0. The number of aliphatic carboxylic acids is 2. The summed E-state index contributed by atoms with van der Waals surface area (Å²) in [5, 5.41) is 37.1. The maximum absolute atomic E-state index is 10.8. The summed E-state index contributed by atoms with van der Waals surface area (Å²) in [4.78, 5) is 44.4. The highest BCUT2D eigenvalue weighted by atomic mass is 16.6. The molecule has 1 saturated heterocycles. The van der Waals surface area contributed by atoms with E-state index >= 15 is 0 Å². The number of nitro groups is 2. The van der Waals surface area contributed by atoms with Gasteiger partial charge in [-0.25, -0.2) is 9.59 Å². The Labute approximate surface area is 207 Å². The van der Waals surface area contributed by atoms with Gasteiger partial charge in [-0.3, -0.25) is 20.2 Å². The van der Waals surface area contributed by atoms with Crippen molar-refractivity contribution < 1.29 is 29.6 Å². The lowest BCUT2D eigenvalue weighted by Crippen LogP contribution is -2.37. The Bertz CT molecular complexity index is 1060. The summed E-state index contributed by atoms with van der Waals surface area (Å²) >= 11 is 0. The number of hydrogen-bond donors (Lipinski definition) is 2.